The van der Waals surface area contributed by atoms with E-state index in [1.807, 2.05) is 19.1 Å². The molecule has 0 fully saturated rings. The van der Waals surface area contributed by atoms with Crippen LogP contribution in [0.1, 0.15) is 57.7 Å². The van der Waals surface area contributed by atoms with Gasteiger partial charge in [0.05, 0.1) is 11.4 Å². The fourth-order valence-corrected chi connectivity index (χ4v) is 2.59. The highest BCUT2D eigenvalue weighted by Gasteiger charge is 2.17. The van der Waals surface area contributed by atoms with E-state index >= 15 is 0 Å². The van der Waals surface area contributed by atoms with Gasteiger partial charge in [-0.3, -0.25) is 4.57 Å². The molecule has 1 heterocycles. The van der Waals surface area contributed by atoms with Crippen LogP contribution in [0.2, 0.25) is 0 Å². The molecule has 0 aliphatic rings. The molecule has 0 spiro atoms. The fourth-order valence-electron chi connectivity index (χ4n) is 2.59. The molecule has 0 saturated carbocycles. The molecule has 1 aromatic heterocycles. The van der Waals surface area contributed by atoms with E-state index in [1.165, 1.54) is 5.57 Å². The Hall–Kier alpha value is -2.55. The molecule has 1 aromatic rings. The molecule has 0 amide bonds. The molecule has 0 bridgehead atoms. The molecule has 1 rings (SSSR count). The summed E-state index contributed by atoms with van der Waals surface area (Å²) in [5.41, 5.74) is 5.44. The summed E-state index contributed by atoms with van der Waals surface area (Å²) in [7, 11) is 0. The van der Waals surface area contributed by atoms with E-state index in [-0.39, 0.29) is 0 Å². The van der Waals surface area contributed by atoms with E-state index in [9.17, 15) is 0 Å². The maximum atomic E-state index is 4.90. The predicted octanol–water partition coefficient (Wildman–Crippen LogP) is 6.13. The van der Waals surface area contributed by atoms with Gasteiger partial charge in [0.1, 0.15) is 5.82 Å². The molecule has 0 saturated heterocycles. The minimum atomic E-state index is 0.902. The SMILES string of the molecule is C=C/C=C\C(=C/C)n1c(/C(=C/NCCC)CC)nc(C)c1/C=C(/C)C=C. The summed E-state index contributed by atoms with van der Waals surface area (Å²) in [6.07, 6.45) is 16.0. The van der Waals surface area contributed by atoms with Crippen LogP contribution < -0.4 is 5.32 Å². The second-order valence-corrected chi connectivity index (χ2v) is 6.12. The largest absolute Gasteiger partial charge is 0.391 e. The fraction of sp³-hybridized carbons (Fsp3) is 0.348. The number of nitrogens with one attached hydrogen (secondary N) is 1. The molecule has 0 atom stereocenters. The Morgan fingerprint density at radius 1 is 1.27 bits per heavy atom. The Bertz CT molecular complexity index is 740. The lowest BCUT2D eigenvalue weighted by atomic mass is 10.2. The van der Waals surface area contributed by atoms with Gasteiger partial charge >= 0.3 is 0 Å². The van der Waals surface area contributed by atoms with Gasteiger partial charge in [-0.15, -0.1) is 0 Å². The third kappa shape index (κ3) is 5.48. The molecule has 0 unspecified atom stereocenters. The smallest absolute Gasteiger partial charge is 0.142 e. The lowest BCUT2D eigenvalue weighted by Gasteiger charge is -2.14. The number of aryl methyl sites for hydroxylation is 1. The van der Waals surface area contributed by atoms with Crippen molar-refractivity contribution >= 4 is 17.3 Å². The van der Waals surface area contributed by atoms with Crippen LogP contribution in [-0.4, -0.2) is 16.1 Å². The van der Waals surface area contributed by atoms with Gasteiger partial charge in [-0.2, -0.15) is 0 Å². The van der Waals surface area contributed by atoms with E-state index in [2.05, 4.69) is 75.2 Å². The molecule has 3 nitrogen and oxygen atoms in total. The molecule has 3 heteroatoms. The molecule has 0 radical (unpaired) electrons. The van der Waals surface area contributed by atoms with Crippen LogP contribution in [0.25, 0.3) is 17.3 Å². The lowest BCUT2D eigenvalue weighted by molar-refractivity contribution is 0.806. The van der Waals surface area contributed by atoms with E-state index in [1.54, 1.807) is 6.08 Å². The molecule has 0 aliphatic carbocycles. The Morgan fingerprint density at radius 2 is 2.00 bits per heavy atom. The lowest BCUT2D eigenvalue weighted by Crippen LogP contribution is -2.09. The number of aromatic nitrogens is 2. The van der Waals surface area contributed by atoms with Crippen LogP contribution >= 0.6 is 0 Å². The first kappa shape index (κ1) is 21.5. The second kappa shape index (κ2) is 11.1. The third-order valence-electron chi connectivity index (χ3n) is 4.08. The Morgan fingerprint density at radius 3 is 2.54 bits per heavy atom. The second-order valence-electron chi connectivity index (χ2n) is 6.12. The van der Waals surface area contributed by atoms with Gasteiger partial charge in [-0.05, 0) is 51.3 Å². The van der Waals surface area contributed by atoms with Crippen LogP contribution in [0, 0.1) is 6.92 Å². The minimum absolute atomic E-state index is 0.902. The molecular formula is C23H33N3. The molecule has 26 heavy (non-hydrogen) atoms. The van der Waals surface area contributed by atoms with Crippen LogP contribution in [0.4, 0.5) is 0 Å². The summed E-state index contributed by atoms with van der Waals surface area (Å²) in [5.74, 6) is 0.971. The average Bonchev–Trinajstić information content (AvgIpc) is 2.96. The number of allylic oxidation sites excluding steroid dienone is 8. The van der Waals surface area contributed by atoms with Crippen molar-refractivity contribution in [3.05, 3.63) is 72.5 Å². The molecule has 0 aromatic carbocycles. The maximum absolute atomic E-state index is 4.90. The van der Waals surface area contributed by atoms with Crippen molar-refractivity contribution in [3.63, 3.8) is 0 Å². The molecule has 1 N–H and O–H groups in total. The number of imidazole rings is 1. The average molecular weight is 352 g/mol. The number of hydrogen-bond acceptors (Lipinski definition) is 2. The number of nitrogens with zero attached hydrogens (tertiary/aromatic N) is 2. The van der Waals surface area contributed by atoms with Crippen LogP contribution in [-0.2, 0) is 0 Å². The van der Waals surface area contributed by atoms with E-state index < -0.39 is 0 Å². The highest BCUT2D eigenvalue weighted by molar-refractivity contribution is 5.72. The van der Waals surface area contributed by atoms with Gasteiger partial charge in [-0.1, -0.05) is 51.3 Å². The zero-order valence-electron chi connectivity index (χ0n) is 17.0. The first-order chi connectivity index (χ1) is 12.5. The third-order valence-corrected chi connectivity index (χ3v) is 4.08. The standard InChI is InChI=1S/C23H33N3/c1-8-13-14-21(12-5)26-22(16-18(6)10-3)19(7)25-23(26)20(11-4)17-24-15-9-2/h8,10,12-14,16-17,24H,1,3,9,11,15H2,2,4-7H3/b14-13-,18-16-,20-17+,21-12+. The minimum Gasteiger partial charge on any atom is -0.391 e. The van der Waals surface area contributed by atoms with Crippen molar-refractivity contribution in [3.8, 4) is 0 Å². The monoisotopic (exact) mass is 351 g/mol. The van der Waals surface area contributed by atoms with Gasteiger partial charge in [0, 0.05) is 24.0 Å². The highest BCUT2D eigenvalue weighted by atomic mass is 15.1. The van der Waals surface area contributed by atoms with Gasteiger partial charge in [0.15, 0.2) is 0 Å². The van der Waals surface area contributed by atoms with Crippen LogP contribution in [0.15, 0.2) is 55.3 Å². The van der Waals surface area contributed by atoms with E-state index in [4.69, 9.17) is 4.98 Å². The Balaban J connectivity index is 3.67. The van der Waals surface area contributed by atoms with Gasteiger partial charge < -0.3 is 5.32 Å². The summed E-state index contributed by atoms with van der Waals surface area (Å²) in [6.45, 7) is 19.1. The van der Waals surface area contributed by atoms with Gasteiger partial charge in [0.25, 0.3) is 0 Å². The summed E-state index contributed by atoms with van der Waals surface area (Å²) in [5, 5.41) is 3.39. The topological polar surface area (TPSA) is 29.9 Å². The summed E-state index contributed by atoms with van der Waals surface area (Å²) in [4.78, 5) is 4.90. The van der Waals surface area contributed by atoms with Crippen LogP contribution in [0.5, 0.6) is 0 Å². The zero-order valence-corrected chi connectivity index (χ0v) is 17.0. The predicted molar refractivity (Wildman–Crippen MR) is 117 cm³/mol. The molecule has 0 aliphatic heterocycles. The van der Waals surface area contributed by atoms with Crippen LogP contribution in [0.3, 0.4) is 0 Å². The van der Waals surface area contributed by atoms with E-state index in [0.717, 1.165) is 47.9 Å². The highest BCUT2D eigenvalue weighted by Crippen LogP contribution is 2.27. The Kier molecular flexibility index (Phi) is 9.21. The first-order valence-electron chi connectivity index (χ1n) is 9.32. The van der Waals surface area contributed by atoms with Crippen molar-refractivity contribution in [2.24, 2.45) is 0 Å². The van der Waals surface area contributed by atoms with Crippen molar-refractivity contribution in [2.45, 2.75) is 47.5 Å². The first-order valence-corrected chi connectivity index (χ1v) is 9.32. The maximum Gasteiger partial charge on any atom is 0.142 e. The Labute approximate surface area is 159 Å². The quantitative estimate of drug-likeness (QED) is 0.405. The van der Waals surface area contributed by atoms with E-state index in [0.29, 0.717) is 0 Å². The van der Waals surface area contributed by atoms with Crippen molar-refractivity contribution in [2.75, 3.05) is 6.54 Å². The summed E-state index contributed by atoms with van der Waals surface area (Å²) in [6, 6.07) is 0. The zero-order chi connectivity index (χ0) is 19.5. The molecule has 140 valence electrons. The molecular weight excluding hydrogens is 318 g/mol. The van der Waals surface area contributed by atoms with Crippen molar-refractivity contribution in [1.82, 2.24) is 14.9 Å². The van der Waals surface area contributed by atoms with Crippen molar-refractivity contribution < 1.29 is 0 Å². The number of hydrogen-bond donors (Lipinski definition) is 1. The normalized spacial score (nSPS) is 13.3. The van der Waals surface area contributed by atoms with Crippen molar-refractivity contribution in [1.29, 1.82) is 0 Å². The van der Waals surface area contributed by atoms with Gasteiger partial charge in [0.2, 0.25) is 0 Å². The summed E-state index contributed by atoms with van der Waals surface area (Å²) < 4.78 is 2.21. The van der Waals surface area contributed by atoms with Gasteiger partial charge in [-0.25, -0.2) is 4.98 Å². The summed E-state index contributed by atoms with van der Waals surface area (Å²) >= 11 is 0. The number of rotatable bonds is 10.